The highest BCUT2D eigenvalue weighted by atomic mass is 16.5. The van der Waals surface area contributed by atoms with Crippen LogP contribution in [0.1, 0.15) is 27.0 Å². The first-order valence-corrected chi connectivity index (χ1v) is 9.81. The van der Waals surface area contributed by atoms with Crippen molar-refractivity contribution in [2.75, 3.05) is 0 Å². The molecule has 4 aromatic carbocycles. The number of ketones is 1. The van der Waals surface area contributed by atoms with Gasteiger partial charge in [-0.3, -0.25) is 4.79 Å². The lowest BCUT2D eigenvalue weighted by atomic mass is 10.0. The average molecular weight is 394 g/mol. The minimum absolute atomic E-state index is 0.0424. The van der Waals surface area contributed by atoms with Crippen LogP contribution in [-0.4, -0.2) is 5.78 Å². The summed E-state index contributed by atoms with van der Waals surface area (Å²) >= 11 is 0. The molecule has 4 rings (SSSR count). The Kier molecular flexibility index (Phi) is 5.62. The maximum atomic E-state index is 12.8. The average Bonchev–Trinajstić information content (AvgIpc) is 2.74. The molecule has 0 spiro atoms. The number of aryl methyl sites for hydroxylation is 2. The molecule has 0 bridgehead atoms. The van der Waals surface area contributed by atoms with Gasteiger partial charge in [0.15, 0.2) is 5.78 Å². The van der Waals surface area contributed by atoms with Gasteiger partial charge >= 0.3 is 0 Å². The van der Waals surface area contributed by atoms with Crippen LogP contribution in [0.15, 0.2) is 97.1 Å². The van der Waals surface area contributed by atoms with E-state index in [4.69, 9.17) is 9.47 Å². The van der Waals surface area contributed by atoms with Crippen molar-refractivity contribution in [3.8, 4) is 23.0 Å². The van der Waals surface area contributed by atoms with Crippen molar-refractivity contribution in [3.05, 3.63) is 119 Å². The molecule has 0 atom stereocenters. The maximum absolute atomic E-state index is 12.8. The second-order valence-corrected chi connectivity index (χ2v) is 7.22. The van der Waals surface area contributed by atoms with E-state index in [1.807, 2.05) is 86.6 Å². The molecule has 3 nitrogen and oxygen atoms in total. The Morgan fingerprint density at radius 1 is 0.533 bits per heavy atom. The van der Waals surface area contributed by atoms with Crippen molar-refractivity contribution in [3.63, 3.8) is 0 Å². The molecule has 0 aliphatic heterocycles. The zero-order chi connectivity index (χ0) is 20.9. The van der Waals surface area contributed by atoms with Crippen LogP contribution in [0.4, 0.5) is 0 Å². The minimum atomic E-state index is -0.0424. The third kappa shape index (κ3) is 4.76. The number of benzene rings is 4. The molecule has 0 radical (unpaired) electrons. The van der Waals surface area contributed by atoms with E-state index in [9.17, 15) is 4.79 Å². The van der Waals surface area contributed by atoms with Crippen LogP contribution >= 0.6 is 0 Å². The summed E-state index contributed by atoms with van der Waals surface area (Å²) in [6, 6.07) is 30.1. The van der Waals surface area contributed by atoms with Gasteiger partial charge < -0.3 is 9.47 Å². The van der Waals surface area contributed by atoms with Crippen molar-refractivity contribution in [2.24, 2.45) is 0 Å². The van der Waals surface area contributed by atoms with Gasteiger partial charge in [-0.25, -0.2) is 0 Å². The Labute approximate surface area is 176 Å². The van der Waals surface area contributed by atoms with Gasteiger partial charge in [-0.2, -0.15) is 0 Å². The highest BCUT2D eigenvalue weighted by Gasteiger charge is 2.10. The van der Waals surface area contributed by atoms with Gasteiger partial charge in [0.25, 0.3) is 0 Å². The molecule has 0 fully saturated rings. The maximum Gasteiger partial charge on any atom is 0.193 e. The van der Waals surface area contributed by atoms with E-state index >= 15 is 0 Å². The first-order valence-electron chi connectivity index (χ1n) is 9.81. The molecule has 0 saturated carbocycles. The van der Waals surface area contributed by atoms with Gasteiger partial charge in [0.2, 0.25) is 0 Å². The molecule has 0 aliphatic rings. The lowest BCUT2D eigenvalue weighted by Gasteiger charge is -2.08. The fourth-order valence-corrected chi connectivity index (χ4v) is 3.15. The summed E-state index contributed by atoms with van der Waals surface area (Å²) in [7, 11) is 0. The number of hydrogen-bond donors (Lipinski definition) is 0. The summed E-state index contributed by atoms with van der Waals surface area (Å²) in [6.45, 7) is 4.04. The Bertz CT molecular complexity index is 1070. The first kappa shape index (κ1) is 19.5. The number of carbonyl (C=O) groups excluding carboxylic acids is 1. The third-order valence-electron chi connectivity index (χ3n) is 4.68. The van der Waals surface area contributed by atoms with Crippen LogP contribution in [0.3, 0.4) is 0 Å². The summed E-state index contributed by atoms with van der Waals surface area (Å²) in [5.74, 6) is 2.90. The summed E-state index contributed by atoms with van der Waals surface area (Å²) < 4.78 is 11.7. The number of hydrogen-bond acceptors (Lipinski definition) is 3. The number of carbonyl (C=O) groups is 1. The standard InChI is InChI=1S/C27H22O3/c1-19-5-3-7-25(17-19)29-23-13-9-21(10-14-23)27(28)22-11-15-24(16-12-22)30-26-8-4-6-20(2)18-26/h3-18H,1-2H3. The van der Waals surface area contributed by atoms with E-state index in [0.29, 0.717) is 22.6 Å². The zero-order valence-corrected chi connectivity index (χ0v) is 17.0. The molecule has 3 heteroatoms. The molecule has 0 amide bonds. The predicted octanol–water partition coefficient (Wildman–Crippen LogP) is 7.12. The third-order valence-corrected chi connectivity index (χ3v) is 4.68. The SMILES string of the molecule is Cc1cccc(Oc2ccc(C(=O)c3ccc(Oc4cccc(C)c4)cc3)cc2)c1. The molecule has 0 N–H and O–H groups in total. The lowest BCUT2D eigenvalue weighted by Crippen LogP contribution is -2.01. The van der Waals surface area contributed by atoms with E-state index in [1.54, 1.807) is 24.3 Å². The topological polar surface area (TPSA) is 35.5 Å². The van der Waals surface area contributed by atoms with Gasteiger partial charge in [-0.05, 0) is 97.8 Å². The highest BCUT2D eigenvalue weighted by molar-refractivity contribution is 6.09. The molecule has 148 valence electrons. The van der Waals surface area contributed by atoms with Crippen molar-refractivity contribution in [1.29, 1.82) is 0 Å². The van der Waals surface area contributed by atoms with Crippen LogP contribution in [0, 0.1) is 13.8 Å². The van der Waals surface area contributed by atoms with Gasteiger partial charge in [0.1, 0.15) is 23.0 Å². The smallest absolute Gasteiger partial charge is 0.193 e. The molecule has 0 unspecified atom stereocenters. The number of rotatable bonds is 6. The fraction of sp³-hybridized carbons (Fsp3) is 0.0741. The van der Waals surface area contributed by atoms with Gasteiger partial charge in [0, 0.05) is 11.1 Å². The van der Waals surface area contributed by atoms with Crippen LogP contribution in [0.2, 0.25) is 0 Å². The molecule has 4 aromatic rings. The Balaban J connectivity index is 1.43. The second-order valence-electron chi connectivity index (χ2n) is 7.22. The van der Waals surface area contributed by atoms with Crippen molar-refractivity contribution < 1.29 is 14.3 Å². The van der Waals surface area contributed by atoms with Crippen molar-refractivity contribution in [1.82, 2.24) is 0 Å². The van der Waals surface area contributed by atoms with Gasteiger partial charge in [-0.15, -0.1) is 0 Å². The molecule has 0 saturated heterocycles. The van der Waals surface area contributed by atoms with E-state index in [0.717, 1.165) is 22.6 Å². The lowest BCUT2D eigenvalue weighted by molar-refractivity contribution is 0.103. The van der Waals surface area contributed by atoms with E-state index in [1.165, 1.54) is 0 Å². The quantitative estimate of drug-likeness (QED) is 0.327. The van der Waals surface area contributed by atoms with E-state index in [2.05, 4.69) is 0 Å². The largest absolute Gasteiger partial charge is 0.457 e. The second kappa shape index (κ2) is 8.66. The van der Waals surface area contributed by atoms with Gasteiger partial charge in [0.05, 0.1) is 0 Å². The molecular formula is C27H22O3. The first-order chi connectivity index (χ1) is 14.6. The highest BCUT2D eigenvalue weighted by Crippen LogP contribution is 2.25. The van der Waals surface area contributed by atoms with E-state index in [-0.39, 0.29) is 5.78 Å². The molecule has 30 heavy (non-hydrogen) atoms. The van der Waals surface area contributed by atoms with Crippen LogP contribution < -0.4 is 9.47 Å². The van der Waals surface area contributed by atoms with Crippen molar-refractivity contribution in [2.45, 2.75) is 13.8 Å². The van der Waals surface area contributed by atoms with Crippen LogP contribution in [0.25, 0.3) is 0 Å². The molecule has 0 aromatic heterocycles. The Hall–Kier alpha value is -3.85. The summed E-state index contributed by atoms with van der Waals surface area (Å²) in [5, 5.41) is 0. The number of ether oxygens (including phenoxy) is 2. The summed E-state index contributed by atoms with van der Waals surface area (Å²) in [5.41, 5.74) is 3.49. The summed E-state index contributed by atoms with van der Waals surface area (Å²) in [6.07, 6.45) is 0. The van der Waals surface area contributed by atoms with Crippen molar-refractivity contribution >= 4 is 5.78 Å². The van der Waals surface area contributed by atoms with E-state index < -0.39 is 0 Å². The Morgan fingerprint density at radius 3 is 1.30 bits per heavy atom. The molecule has 0 aliphatic carbocycles. The molecule has 0 heterocycles. The fourth-order valence-electron chi connectivity index (χ4n) is 3.15. The van der Waals surface area contributed by atoms with Gasteiger partial charge in [-0.1, -0.05) is 24.3 Å². The Morgan fingerprint density at radius 2 is 0.933 bits per heavy atom. The van der Waals surface area contributed by atoms with Crippen LogP contribution in [-0.2, 0) is 0 Å². The monoisotopic (exact) mass is 394 g/mol. The minimum Gasteiger partial charge on any atom is -0.457 e. The zero-order valence-electron chi connectivity index (χ0n) is 17.0. The normalized spacial score (nSPS) is 10.5. The summed E-state index contributed by atoms with van der Waals surface area (Å²) in [4.78, 5) is 12.8. The molecular weight excluding hydrogens is 372 g/mol. The predicted molar refractivity (Wildman–Crippen MR) is 119 cm³/mol. The van der Waals surface area contributed by atoms with Crippen LogP contribution in [0.5, 0.6) is 23.0 Å².